The number of rotatable bonds is 6. The third kappa shape index (κ3) is 7.80. The minimum Gasteiger partial charge on any atom is -0.389 e. The van der Waals surface area contributed by atoms with Crippen LogP contribution in [0, 0.1) is 0 Å². The molecular formula is C11H22O. The highest BCUT2D eigenvalue weighted by Crippen LogP contribution is 2.09. The molecule has 0 aliphatic heterocycles. The summed E-state index contributed by atoms with van der Waals surface area (Å²) in [5.41, 5.74) is 1.32. The van der Waals surface area contributed by atoms with Gasteiger partial charge in [0.05, 0.1) is 6.10 Å². The van der Waals surface area contributed by atoms with Crippen molar-refractivity contribution in [1.82, 2.24) is 0 Å². The number of hydrogen-bond donors (Lipinski definition) is 1. The fraction of sp³-hybridized carbons (Fsp3) is 0.818. The Morgan fingerprint density at radius 1 is 1.33 bits per heavy atom. The molecule has 0 spiro atoms. The first-order valence-corrected chi connectivity index (χ1v) is 5.02. The average Bonchev–Trinajstić information content (AvgIpc) is 1.97. The van der Waals surface area contributed by atoms with Crippen LogP contribution >= 0.6 is 0 Å². The Morgan fingerprint density at radius 3 is 2.50 bits per heavy atom. The molecule has 1 N–H and O–H groups in total. The van der Waals surface area contributed by atoms with E-state index < -0.39 is 0 Å². The van der Waals surface area contributed by atoms with E-state index >= 15 is 0 Å². The predicted molar refractivity (Wildman–Crippen MR) is 54.2 cm³/mol. The van der Waals surface area contributed by atoms with Crippen LogP contribution in [0.4, 0.5) is 0 Å². The van der Waals surface area contributed by atoms with E-state index in [1.807, 2.05) is 6.08 Å². The monoisotopic (exact) mass is 170 g/mol. The molecule has 0 saturated heterocycles. The van der Waals surface area contributed by atoms with Crippen molar-refractivity contribution < 1.29 is 5.11 Å². The highest BCUT2D eigenvalue weighted by molar-refractivity contribution is 5.00. The molecule has 0 aliphatic carbocycles. The van der Waals surface area contributed by atoms with Gasteiger partial charge in [0, 0.05) is 0 Å². The zero-order chi connectivity index (χ0) is 9.40. The molecule has 1 nitrogen and oxygen atoms in total. The highest BCUT2D eigenvalue weighted by atomic mass is 16.3. The first kappa shape index (κ1) is 11.7. The van der Waals surface area contributed by atoms with Crippen LogP contribution in [0.3, 0.4) is 0 Å². The normalized spacial score (nSPS) is 14.8. The van der Waals surface area contributed by atoms with Crippen molar-refractivity contribution in [2.75, 3.05) is 0 Å². The number of unbranched alkanes of at least 4 members (excludes halogenated alkanes) is 3. The van der Waals surface area contributed by atoms with Crippen LogP contribution in [0.15, 0.2) is 11.6 Å². The van der Waals surface area contributed by atoms with Gasteiger partial charge in [-0.15, -0.1) is 0 Å². The molecule has 0 saturated carbocycles. The maximum Gasteiger partial charge on any atom is 0.0695 e. The number of hydrogen-bond acceptors (Lipinski definition) is 1. The van der Waals surface area contributed by atoms with E-state index in [2.05, 4.69) is 13.8 Å². The Bertz CT molecular complexity index is 125. The summed E-state index contributed by atoms with van der Waals surface area (Å²) in [6.07, 6.45) is 8.01. The topological polar surface area (TPSA) is 20.2 Å². The molecule has 0 aromatic carbocycles. The van der Waals surface area contributed by atoms with Crippen LogP contribution in [-0.2, 0) is 0 Å². The molecule has 12 heavy (non-hydrogen) atoms. The van der Waals surface area contributed by atoms with Gasteiger partial charge in [0.25, 0.3) is 0 Å². The van der Waals surface area contributed by atoms with Gasteiger partial charge in [-0.2, -0.15) is 0 Å². The SMILES string of the molecule is CCCCCC/C(C)=C/[C@@H](C)O. The third-order valence-electron chi connectivity index (χ3n) is 1.95. The molecule has 0 aromatic rings. The molecule has 0 fully saturated rings. The molecule has 1 heteroatoms. The predicted octanol–water partition coefficient (Wildman–Crippen LogP) is 3.28. The summed E-state index contributed by atoms with van der Waals surface area (Å²) >= 11 is 0. The van der Waals surface area contributed by atoms with Crippen molar-refractivity contribution in [3.8, 4) is 0 Å². The average molecular weight is 170 g/mol. The minimum absolute atomic E-state index is 0.281. The van der Waals surface area contributed by atoms with Gasteiger partial charge in [-0.25, -0.2) is 0 Å². The summed E-state index contributed by atoms with van der Waals surface area (Å²) < 4.78 is 0. The van der Waals surface area contributed by atoms with E-state index in [0.29, 0.717) is 0 Å². The van der Waals surface area contributed by atoms with Crippen molar-refractivity contribution in [3.05, 3.63) is 11.6 Å². The fourth-order valence-electron chi connectivity index (χ4n) is 1.33. The molecule has 0 radical (unpaired) electrons. The van der Waals surface area contributed by atoms with Gasteiger partial charge in [0.1, 0.15) is 0 Å². The van der Waals surface area contributed by atoms with Crippen molar-refractivity contribution >= 4 is 0 Å². The zero-order valence-electron chi connectivity index (χ0n) is 8.64. The standard InChI is InChI=1S/C11H22O/c1-4-5-6-7-8-10(2)9-11(3)12/h9,11-12H,4-8H2,1-3H3/b10-9+/t11-/m1/s1. The van der Waals surface area contributed by atoms with Gasteiger partial charge in [-0.1, -0.05) is 37.8 Å². The van der Waals surface area contributed by atoms with Crippen molar-refractivity contribution in [2.45, 2.75) is 59.0 Å². The second-order valence-corrected chi connectivity index (χ2v) is 3.56. The molecular weight excluding hydrogens is 148 g/mol. The van der Waals surface area contributed by atoms with Crippen molar-refractivity contribution in [1.29, 1.82) is 0 Å². The Hall–Kier alpha value is -0.300. The molecule has 0 rings (SSSR count). The Balaban J connectivity index is 3.37. The summed E-state index contributed by atoms with van der Waals surface area (Å²) in [5, 5.41) is 9.05. The molecule has 72 valence electrons. The first-order valence-electron chi connectivity index (χ1n) is 5.02. The van der Waals surface area contributed by atoms with E-state index in [1.54, 1.807) is 6.92 Å². The van der Waals surface area contributed by atoms with Gasteiger partial charge in [-0.3, -0.25) is 0 Å². The molecule has 0 aliphatic rings. The molecule has 0 bridgehead atoms. The highest BCUT2D eigenvalue weighted by Gasteiger charge is 1.93. The molecule has 0 aromatic heterocycles. The van der Waals surface area contributed by atoms with Crippen LogP contribution in [0.5, 0.6) is 0 Å². The van der Waals surface area contributed by atoms with Crippen LogP contribution < -0.4 is 0 Å². The second kappa shape index (κ2) is 7.35. The van der Waals surface area contributed by atoms with Crippen LogP contribution in [0.25, 0.3) is 0 Å². The van der Waals surface area contributed by atoms with E-state index in [0.717, 1.165) is 6.42 Å². The maximum atomic E-state index is 9.05. The van der Waals surface area contributed by atoms with Gasteiger partial charge < -0.3 is 5.11 Å². The number of aliphatic hydroxyl groups excluding tert-OH is 1. The Labute approximate surface area is 76.5 Å². The van der Waals surface area contributed by atoms with E-state index in [9.17, 15) is 0 Å². The largest absolute Gasteiger partial charge is 0.389 e. The summed E-state index contributed by atoms with van der Waals surface area (Å²) in [6, 6.07) is 0. The Kier molecular flexibility index (Phi) is 7.17. The van der Waals surface area contributed by atoms with Gasteiger partial charge in [-0.05, 0) is 26.7 Å². The van der Waals surface area contributed by atoms with Gasteiger partial charge in [0.15, 0.2) is 0 Å². The lowest BCUT2D eigenvalue weighted by molar-refractivity contribution is 0.243. The van der Waals surface area contributed by atoms with E-state index in [4.69, 9.17) is 5.11 Å². The number of aliphatic hydroxyl groups is 1. The van der Waals surface area contributed by atoms with Crippen LogP contribution in [0.2, 0.25) is 0 Å². The van der Waals surface area contributed by atoms with Gasteiger partial charge >= 0.3 is 0 Å². The summed E-state index contributed by atoms with van der Waals surface area (Å²) in [4.78, 5) is 0. The minimum atomic E-state index is -0.281. The quantitative estimate of drug-likeness (QED) is 0.479. The summed E-state index contributed by atoms with van der Waals surface area (Å²) in [7, 11) is 0. The van der Waals surface area contributed by atoms with Crippen molar-refractivity contribution in [2.24, 2.45) is 0 Å². The third-order valence-corrected chi connectivity index (χ3v) is 1.95. The lowest BCUT2D eigenvalue weighted by Crippen LogP contribution is -1.94. The lowest BCUT2D eigenvalue weighted by atomic mass is 10.1. The summed E-state index contributed by atoms with van der Waals surface area (Å²) in [5.74, 6) is 0. The molecule has 0 amide bonds. The van der Waals surface area contributed by atoms with E-state index in [-0.39, 0.29) is 6.10 Å². The molecule has 1 atom stereocenters. The Morgan fingerprint density at radius 2 is 2.00 bits per heavy atom. The van der Waals surface area contributed by atoms with Crippen molar-refractivity contribution in [3.63, 3.8) is 0 Å². The lowest BCUT2D eigenvalue weighted by Gasteiger charge is -2.02. The maximum absolute atomic E-state index is 9.05. The summed E-state index contributed by atoms with van der Waals surface area (Å²) in [6.45, 7) is 6.12. The van der Waals surface area contributed by atoms with Crippen LogP contribution in [-0.4, -0.2) is 11.2 Å². The number of allylic oxidation sites excluding steroid dienone is 1. The molecule has 0 unspecified atom stereocenters. The molecule has 0 heterocycles. The van der Waals surface area contributed by atoms with Gasteiger partial charge in [0.2, 0.25) is 0 Å². The zero-order valence-corrected chi connectivity index (χ0v) is 8.64. The fourth-order valence-corrected chi connectivity index (χ4v) is 1.33. The van der Waals surface area contributed by atoms with E-state index in [1.165, 1.54) is 31.3 Å². The first-order chi connectivity index (χ1) is 5.66. The van der Waals surface area contributed by atoms with Crippen LogP contribution in [0.1, 0.15) is 52.9 Å². The smallest absolute Gasteiger partial charge is 0.0695 e. The second-order valence-electron chi connectivity index (χ2n) is 3.56.